The van der Waals surface area contributed by atoms with Crippen LogP contribution in [-0.2, 0) is 11.2 Å². The number of thiazole rings is 1. The third-order valence-electron chi connectivity index (χ3n) is 1.41. The lowest BCUT2D eigenvalue weighted by atomic mass is 10.2. The fourth-order valence-corrected chi connectivity index (χ4v) is 1.66. The van der Waals surface area contributed by atoms with Crippen LogP contribution in [0.5, 0.6) is 0 Å². The Morgan fingerprint density at radius 3 is 3.00 bits per heavy atom. The molecule has 0 saturated heterocycles. The van der Waals surface area contributed by atoms with Crippen molar-refractivity contribution in [3.05, 3.63) is 16.1 Å². The van der Waals surface area contributed by atoms with Gasteiger partial charge in [-0.25, -0.2) is 4.98 Å². The van der Waals surface area contributed by atoms with Gasteiger partial charge in [0.25, 0.3) is 0 Å². The lowest BCUT2D eigenvalue weighted by Gasteiger charge is -2.01. The number of rotatable bonds is 3. The van der Waals surface area contributed by atoms with E-state index in [0.29, 0.717) is 6.42 Å². The molecule has 0 aliphatic rings. The van der Waals surface area contributed by atoms with Gasteiger partial charge in [-0.3, -0.25) is 4.79 Å². The van der Waals surface area contributed by atoms with Crippen molar-refractivity contribution in [2.75, 3.05) is 0 Å². The average molecular weight is 186 g/mol. The topological polar surface area (TPSA) is 76.2 Å². The van der Waals surface area contributed by atoms with Crippen molar-refractivity contribution >= 4 is 17.3 Å². The molecule has 1 aromatic heterocycles. The zero-order valence-corrected chi connectivity index (χ0v) is 7.47. The van der Waals surface area contributed by atoms with Crippen LogP contribution in [0.4, 0.5) is 0 Å². The molecular formula is C7H10N2O2S. The van der Waals surface area contributed by atoms with Crippen molar-refractivity contribution in [3.63, 3.8) is 0 Å². The second-order valence-electron chi connectivity index (χ2n) is 2.49. The molecule has 0 aliphatic heterocycles. The molecule has 0 bridgehead atoms. The molecule has 0 aromatic carbocycles. The number of aliphatic carboxylic acids is 1. The summed E-state index contributed by atoms with van der Waals surface area (Å²) in [5, 5.41) is 9.44. The first-order chi connectivity index (χ1) is 5.59. The van der Waals surface area contributed by atoms with Crippen LogP contribution in [0, 0.1) is 6.92 Å². The summed E-state index contributed by atoms with van der Waals surface area (Å²) in [6.07, 6.45) is 2.03. The number of carboxylic acids is 1. The molecule has 0 unspecified atom stereocenters. The summed E-state index contributed by atoms with van der Waals surface area (Å²) < 4.78 is 0. The summed E-state index contributed by atoms with van der Waals surface area (Å²) in [4.78, 5) is 15.3. The quantitative estimate of drug-likeness (QED) is 0.716. The number of carbonyl (C=O) groups is 1. The van der Waals surface area contributed by atoms with Crippen molar-refractivity contribution in [2.45, 2.75) is 19.4 Å². The highest BCUT2D eigenvalue weighted by Gasteiger charge is 2.13. The number of aryl methyl sites for hydroxylation is 1. The Kier molecular flexibility index (Phi) is 2.78. The standard InChI is InChI=1S/C7H10N2O2S/c1-4-9-3-5(12-4)2-6(8)7(10)11/h3,6H,2,8H2,1H3,(H,10,11)/t6-/m0/s1. The van der Waals surface area contributed by atoms with Gasteiger partial charge in [0, 0.05) is 17.5 Å². The van der Waals surface area contributed by atoms with Gasteiger partial charge in [0.2, 0.25) is 0 Å². The molecule has 1 heterocycles. The molecule has 0 amide bonds. The van der Waals surface area contributed by atoms with Gasteiger partial charge in [0.05, 0.1) is 5.01 Å². The zero-order valence-electron chi connectivity index (χ0n) is 6.65. The molecule has 3 N–H and O–H groups in total. The van der Waals surface area contributed by atoms with Crippen LogP contribution < -0.4 is 5.73 Å². The molecular weight excluding hydrogens is 176 g/mol. The highest BCUT2D eigenvalue weighted by molar-refractivity contribution is 7.11. The van der Waals surface area contributed by atoms with Crippen LogP contribution in [0.1, 0.15) is 9.88 Å². The predicted molar refractivity (Wildman–Crippen MR) is 46.2 cm³/mol. The van der Waals surface area contributed by atoms with E-state index in [-0.39, 0.29) is 0 Å². The minimum Gasteiger partial charge on any atom is -0.480 e. The molecule has 0 radical (unpaired) electrons. The van der Waals surface area contributed by atoms with Crippen molar-refractivity contribution in [1.29, 1.82) is 0 Å². The fraction of sp³-hybridized carbons (Fsp3) is 0.429. The third kappa shape index (κ3) is 2.28. The minimum atomic E-state index is -0.971. The van der Waals surface area contributed by atoms with E-state index in [4.69, 9.17) is 10.8 Å². The molecule has 4 nitrogen and oxygen atoms in total. The Bertz CT molecular complexity index is 285. The fourth-order valence-electron chi connectivity index (χ4n) is 0.804. The van der Waals surface area contributed by atoms with E-state index >= 15 is 0 Å². The molecule has 12 heavy (non-hydrogen) atoms. The summed E-state index contributed by atoms with van der Waals surface area (Å²) >= 11 is 1.48. The minimum absolute atomic E-state index is 0.362. The van der Waals surface area contributed by atoms with Crippen LogP contribution in [0.25, 0.3) is 0 Å². The molecule has 1 atom stereocenters. The van der Waals surface area contributed by atoms with E-state index in [9.17, 15) is 4.79 Å². The van der Waals surface area contributed by atoms with Crippen LogP contribution >= 0.6 is 11.3 Å². The second kappa shape index (κ2) is 3.64. The Hall–Kier alpha value is -0.940. The van der Waals surface area contributed by atoms with Crippen molar-refractivity contribution in [1.82, 2.24) is 4.98 Å². The Morgan fingerprint density at radius 2 is 2.58 bits per heavy atom. The van der Waals surface area contributed by atoms with E-state index in [1.807, 2.05) is 6.92 Å². The Morgan fingerprint density at radius 1 is 1.92 bits per heavy atom. The summed E-state index contributed by atoms with van der Waals surface area (Å²) in [6, 6.07) is -0.815. The van der Waals surface area contributed by atoms with Gasteiger partial charge in [-0.2, -0.15) is 0 Å². The molecule has 5 heteroatoms. The number of nitrogens with two attached hydrogens (primary N) is 1. The highest BCUT2D eigenvalue weighted by Crippen LogP contribution is 2.12. The van der Waals surface area contributed by atoms with Crippen LogP contribution in [0.3, 0.4) is 0 Å². The van der Waals surface area contributed by atoms with Gasteiger partial charge in [0.15, 0.2) is 0 Å². The summed E-state index contributed by atoms with van der Waals surface area (Å²) in [7, 11) is 0. The number of hydrogen-bond donors (Lipinski definition) is 2. The Balaban J connectivity index is 2.58. The molecule has 0 spiro atoms. The van der Waals surface area contributed by atoms with Crippen LogP contribution in [0.2, 0.25) is 0 Å². The SMILES string of the molecule is Cc1ncc(C[C@H](N)C(=O)O)s1. The molecule has 1 aromatic rings. The van der Waals surface area contributed by atoms with E-state index < -0.39 is 12.0 Å². The smallest absolute Gasteiger partial charge is 0.320 e. The third-order valence-corrected chi connectivity index (χ3v) is 2.34. The van der Waals surface area contributed by atoms with Gasteiger partial charge in [0.1, 0.15) is 6.04 Å². The van der Waals surface area contributed by atoms with Gasteiger partial charge >= 0.3 is 5.97 Å². The summed E-state index contributed by atoms with van der Waals surface area (Å²) in [5.74, 6) is -0.971. The second-order valence-corrected chi connectivity index (χ2v) is 3.81. The Labute approximate surface area is 74.0 Å². The lowest BCUT2D eigenvalue weighted by molar-refractivity contribution is -0.138. The van der Waals surface area contributed by atoms with E-state index in [1.165, 1.54) is 11.3 Å². The van der Waals surface area contributed by atoms with Crippen molar-refractivity contribution in [3.8, 4) is 0 Å². The molecule has 0 fully saturated rings. The zero-order chi connectivity index (χ0) is 9.14. The van der Waals surface area contributed by atoms with E-state index in [2.05, 4.69) is 4.98 Å². The normalized spacial score (nSPS) is 12.8. The van der Waals surface area contributed by atoms with E-state index in [0.717, 1.165) is 9.88 Å². The van der Waals surface area contributed by atoms with Gasteiger partial charge < -0.3 is 10.8 Å². The lowest BCUT2D eigenvalue weighted by Crippen LogP contribution is -2.31. The molecule has 0 saturated carbocycles. The summed E-state index contributed by atoms with van der Waals surface area (Å²) in [5.41, 5.74) is 5.34. The first-order valence-electron chi connectivity index (χ1n) is 3.49. The summed E-state index contributed by atoms with van der Waals surface area (Å²) in [6.45, 7) is 1.88. The number of hydrogen-bond acceptors (Lipinski definition) is 4. The number of nitrogens with zero attached hydrogens (tertiary/aromatic N) is 1. The molecule has 66 valence electrons. The number of aromatic nitrogens is 1. The number of carboxylic acid groups (broad SMARTS) is 1. The molecule has 1 rings (SSSR count). The first kappa shape index (κ1) is 9.15. The van der Waals surface area contributed by atoms with Crippen LogP contribution in [-0.4, -0.2) is 22.1 Å². The van der Waals surface area contributed by atoms with E-state index in [1.54, 1.807) is 6.20 Å². The van der Waals surface area contributed by atoms with Crippen LogP contribution in [0.15, 0.2) is 6.20 Å². The average Bonchev–Trinajstić information content (AvgIpc) is 2.35. The first-order valence-corrected chi connectivity index (χ1v) is 4.31. The monoisotopic (exact) mass is 186 g/mol. The van der Waals surface area contributed by atoms with Gasteiger partial charge in [-0.05, 0) is 6.92 Å². The van der Waals surface area contributed by atoms with Crippen molar-refractivity contribution in [2.24, 2.45) is 5.73 Å². The predicted octanol–water partition coefficient (Wildman–Crippen LogP) is 0.406. The largest absolute Gasteiger partial charge is 0.480 e. The van der Waals surface area contributed by atoms with Gasteiger partial charge in [-0.15, -0.1) is 11.3 Å². The van der Waals surface area contributed by atoms with Gasteiger partial charge in [-0.1, -0.05) is 0 Å². The molecule has 0 aliphatic carbocycles. The maximum absolute atomic E-state index is 10.4. The van der Waals surface area contributed by atoms with Crippen molar-refractivity contribution < 1.29 is 9.90 Å². The maximum atomic E-state index is 10.4. The highest BCUT2D eigenvalue weighted by atomic mass is 32.1. The maximum Gasteiger partial charge on any atom is 0.320 e.